The highest BCUT2D eigenvalue weighted by Gasteiger charge is 2.48. The lowest BCUT2D eigenvalue weighted by Gasteiger charge is -2.55. The van der Waals surface area contributed by atoms with Gasteiger partial charge < -0.3 is 4.74 Å². The minimum atomic E-state index is 0.368. The van der Waals surface area contributed by atoms with Gasteiger partial charge in [-0.1, -0.05) is 38.1 Å². The highest BCUT2D eigenvalue weighted by Crippen LogP contribution is 2.48. The molecule has 21 heavy (non-hydrogen) atoms. The Balaban J connectivity index is 1.62. The number of piperidine rings is 1. The van der Waals surface area contributed by atoms with Crippen molar-refractivity contribution in [1.29, 1.82) is 0 Å². The van der Waals surface area contributed by atoms with E-state index < -0.39 is 0 Å². The summed E-state index contributed by atoms with van der Waals surface area (Å²) in [5.74, 6) is 0.738. The first-order valence-corrected chi connectivity index (χ1v) is 8.62. The minimum absolute atomic E-state index is 0.368. The Kier molecular flexibility index (Phi) is 3.35. The molecule has 4 atom stereocenters. The molecule has 2 nitrogen and oxygen atoms in total. The van der Waals surface area contributed by atoms with E-state index in [2.05, 4.69) is 43.0 Å². The molecule has 2 bridgehead atoms. The Morgan fingerprint density at radius 1 is 1.33 bits per heavy atom. The van der Waals surface area contributed by atoms with Gasteiger partial charge in [-0.15, -0.1) is 0 Å². The van der Waals surface area contributed by atoms with Crippen LogP contribution in [-0.4, -0.2) is 36.7 Å². The number of hydrogen-bond donors (Lipinski definition) is 0. The van der Waals surface area contributed by atoms with Crippen molar-refractivity contribution in [2.75, 3.05) is 19.7 Å². The molecule has 0 aromatic heterocycles. The zero-order chi connectivity index (χ0) is 14.4. The maximum absolute atomic E-state index is 5.88. The van der Waals surface area contributed by atoms with E-state index in [0.717, 1.165) is 19.1 Å². The Bertz CT molecular complexity index is 522. The van der Waals surface area contributed by atoms with Gasteiger partial charge >= 0.3 is 0 Å². The normalized spacial score (nSPS) is 39.2. The van der Waals surface area contributed by atoms with E-state index in [4.69, 9.17) is 4.74 Å². The second-order valence-electron chi connectivity index (χ2n) is 7.51. The molecule has 0 N–H and O–H groups in total. The van der Waals surface area contributed by atoms with E-state index >= 15 is 0 Å². The SMILES string of the molecule is C[C@@H]1[C@H]2Cc3ccccc3[C@]1(C)CCN2CC1CCCO1. The Morgan fingerprint density at radius 3 is 3.00 bits per heavy atom. The Labute approximate surface area is 128 Å². The van der Waals surface area contributed by atoms with Crippen molar-refractivity contribution < 1.29 is 4.74 Å². The first-order chi connectivity index (χ1) is 10.2. The van der Waals surface area contributed by atoms with E-state index in [9.17, 15) is 0 Å². The van der Waals surface area contributed by atoms with Crippen molar-refractivity contribution >= 4 is 0 Å². The van der Waals surface area contributed by atoms with Crippen molar-refractivity contribution in [3.8, 4) is 0 Å². The Morgan fingerprint density at radius 2 is 2.19 bits per heavy atom. The van der Waals surface area contributed by atoms with Crippen LogP contribution in [0, 0.1) is 5.92 Å². The van der Waals surface area contributed by atoms with Gasteiger partial charge in [-0.2, -0.15) is 0 Å². The smallest absolute Gasteiger partial charge is 0.0702 e. The van der Waals surface area contributed by atoms with Crippen molar-refractivity contribution in [3.05, 3.63) is 35.4 Å². The molecule has 2 saturated heterocycles. The molecule has 0 saturated carbocycles. The van der Waals surface area contributed by atoms with Gasteiger partial charge in [0.15, 0.2) is 0 Å². The lowest BCUT2D eigenvalue weighted by Crippen LogP contribution is -2.59. The molecule has 2 aliphatic heterocycles. The third-order valence-corrected chi connectivity index (χ3v) is 6.49. The Hall–Kier alpha value is -0.860. The predicted octanol–water partition coefficient (Wildman–Crippen LogP) is 3.39. The molecular weight excluding hydrogens is 258 g/mol. The average Bonchev–Trinajstić information content (AvgIpc) is 2.99. The van der Waals surface area contributed by atoms with Gasteiger partial charge in [-0.25, -0.2) is 0 Å². The molecule has 0 radical (unpaired) electrons. The molecule has 2 heteroatoms. The second-order valence-corrected chi connectivity index (χ2v) is 7.51. The number of ether oxygens (including phenoxy) is 1. The molecule has 0 amide bonds. The number of rotatable bonds is 2. The third-order valence-electron chi connectivity index (χ3n) is 6.49. The van der Waals surface area contributed by atoms with Crippen molar-refractivity contribution in [1.82, 2.24) is 4.90 Å². The topological polar surface area (TPSA) is 12.5 Å². The minimum Gasteiger partial charge on any atom is -0.377 e. The zero-order valence-corrected chi connectivity index (χ0v) is 13.3. The molecule has 1 unspecified atom stereocenters. The van der Waals surface area contributed by atoms with E-state index in [1.807, 2.05) is 0 Å². The van der Waals surface area contributed by atoms with Crippen LogP contribution in [0.15, 0.2) is 24.3 Å². The van der Waals surface area contributed by atoms with Gasteiger partial charge in [0.2, 0.25) is 0 Å². The molecule has 1 aliphatic carbocycles. The van der Waals surface area contributed by atoms with Crippen LogP contribution in [0.5, 0.6) is 0 Å². The van der Waals surface area contributed by atoms with E-state index in [1.165, 1.54) is 32.2 Å². The summed E-state index contributed by atoms with van der Waals surface area (Å²) in [7, 11) is 0. The zero-order valence-electron chi connectivity index (χ0n) is 13.3. The van der Waals surface area contributed by atoms with Crippen molar-refractivity contribution in [3.63, 3.8) is 0 Å². The number of fused-ring (bicyclic) bond motifs is 4. The number of likely N-dealkylation sites (tertiary alicyclic amines) is 1. The maximum atomic E-state index is 5.88. The molecule has 2 heterocycles. The summed E-state index contributed by atoms with van der Waals surface area (Å²) in [6.45, 7) is 8.32. The van der Waals surface area contributed by atoms with Crippen molar-refractivity contribution in [2.24, 2.45) is 5.92 Å². The van der Waals surface area contributed by atoms with Crippen LogP contribution < -0.4 is 0 Å². The van der Waals surface area contributed by atoms with Gasteiger partial charge in [0.1, 0.15) is 0 Å². The molecular formula is C19H27NO. The van der Waals surface area contributed by atoms with E-state index in [1.54, 1.807) is 11.1 Å². The molecule has 2 fully saturated rings. The molecule has 1 aromatic carbocycles. The summed E-state index contributed by atoms with van der Waals surface area (Å²) in [5.41, 5.74) is 3.57. The van der Waals surface area contributed by atoms with Crippen LogP contribution in [0.2, 0.25) is 0 Å². The first-order valence-electron chi connectivity index (χ1n) is 8.62. The van der Waals surface area contributed by atoms with Crippen LogP contribution in [0.4, 0.5) is 0 Å². The average molecular weight is 285 g/mol. The summed E-state index contributed by atoms with van der Waals surface area (Å²) in [4.78, 5) is 2.73. The molecule has 4 rings (SSSR count). The van der Waals surface area contributed by atoms with Gasteiger partial charge in [0, 0.05) is 19.2 Å². The van der Waals surface area contributed by atoms with Crippen LogP contribution >= 0.6 is 0 Å². The summed E-state index contributed by atoms with van der Waals surface area (Å²) < 4.78 is 5.88. The highest BCUT2D eigenvalue weighted by atomic mass is 16.5. The molecule has 1 aromatic rings. The van der Waals surface area contributed by atoms with Crippen LogP contribution in [0.1, 0.15) is 44.2 Å². The van der Waals surface area contributed by atoms with Crippen LogP contribution in [-0.2, 0) is 16.6 Å². The fourth-order valence-electron chi connectivity index (χ4n) is 4.95. The van der Waals surface area contributed by atoms with Gasteiger partial charge in [0.25, 0.3) is 0 Å². The molecule has 3 aliphatic rings. The van der Waals surface area contributed by atoms with Gasteiger partial charge in [-0.05, 0) is 54.7 Å². The molecule has 0 spiro atoms. The highest BCUT2D eigenvalue weighted by molar-refractivity contribution is 5.39. The second kappa shape index (κ2) is 5.10. The molecule has 114 valence electrons. The van der Waals surface area contributed by atoms with Gasteiger partial charge in [-0.3, -0.25) is 4.90 Å². The quantitative estimate of drug-likeness (QED) is 0.826. The lowest BCUT2D eigenvalue weighted by molar-refractivity contribution is -0.00664. The number of benzene rings is 1. The summed E-state index contributed by atoms with van der Waals surface area (Å²) in [6, 6.07) is 9.84. The lowest BCUT2D eigenvalue weighted by atomic mass is 9.59. The summed E-state index contributed by atoms with van der Waals surface area (Å²) in [6.07, 6.45) is 5.50. The first kappa shape index (κ1) is 13.8. The van der Waals surface area contributed by atoms with Crippen LogP contribution in [0.3, 0.4) is 0 Å². The standard InChI is InChI=1S/C19H27NO/c1-14-18-12-15-6-3-4-8-17(15)19(14,2)9-10-20(18)13-16-7-5-11-21-16/h3-4,6,8,14,16,18H,5,7,9-13H2,1-2H3/t14-,16?,18-,19-/m1/s1. The predicted molar refractivity (Wildman–Crippen MR) is 85.6 cm³/mol. The largest absolute Gasteiger partial charge is 0.377 e. The third kappa shape index (κ3) is 2.15. The number of hydrogen-bond acceptors (Lipinski definition) is 2. The number of nitrogens with zero attached hydrogens (tertiary/aromatic N) is 1. The van der Waals surface area contributed by atoms with E-state index in [0.29, 0.717) is 17.6 Å². The summed E-state index contributed by atoms with van der Waals surface area (Å²) >= 11 is 0. The monoisotopic (exact) mass is 285 g/mol. The van der Waals surface area contributed by atoms with Crippen LogP contribution in [0.25, 0.3) is 0 Å². The fraction of sp³-hybridized carbons (Fsp3) is 0.684. The fourth-order valence-corrected chi connectivity index (χ4v) is 4.95. The van der Waals surface area contributed by atoms with E-state index in [-0.39, 0.29) is 0 Å². The summed E-state index contributed by atoms with van der Waals surface area (Å²) in [5, 5.41) is 0. The van der Waals surface area contributed by atoms with Crippen molar-refractivity contribution in [2.45, 2.75) is 57.1 Å². The van der Waals surface area contributed by atoms with Gasteiger partial charge in [0.05, 0.1) is 6.10 Å². The maximum Gasteiger partial charge on any atom is 0.0702 e.